The van der Waals surface area contributed by atoms with Gasteiger partial charge in [0.15, 0.2) is 0 Å². The predicted octanol–water partition coefficient (Wildman–Crippen LogP) is 2.36. The average molecular weight is 295 g/mol. The third-order valence-electron chi connectivity index (χ3n) is 3.71. The van der Waals surface area contributed by atoms with E-state index in [2.05, 4.69) is 10.6 Å². The maximum absolute atomic E-state index is 12.0. The topological polar surface area (TPSA) is 58.2 Å². The van der Waals surface area contributed by atoms with Gasteiger partial charge in [-0.15, -0.1) is 0 Å². The molecule has 0 heterocycles. The van der Waals surface area contributed by atoms with Crippen LogP contribution in [0.15, 0.2) is 24.3 Å². The van der Waals surface area contributed by atoms with Crippen LogP contribution in [0.4, 0.5) is 0 Å². The molecule has 0 unspecified atom stereocenters. The fraction of sp³-hybridized carbons (Fsp3) is 0.467. The standard InChI is InChI=1S/C15H19ClN2O2/c1-11(19)17-10-7-14(20)18-15(8-2-9-15)12-3-5-13(16)6-4-12/h3-6H,2,7-10H2,1H3,(H,17,19)(H,18,20). The molecule has 0 saturated heterocycles. The molecular weight excluding hydrogens is 276 g/mol. The van der Waals surface area contributed by atoms with E-state index in [4.69, 9.17) is 11.6 Å². The molecule has 1 aromatic rings. The Bertz CT molecular complexity index is 495. The van der Waals surface area contributed by atoms with E-state index in [1.54, 1.807) is 0 Å². The number of hydrogen-bond donors (Lipinski definition) is 2. The molecule has 0 spiro atoms. The van der Waals surface area contributed by atoms with Crippen LogP contribution in [0.3, 0.4) is 0 Å². The molecule has 1 aromatic carbocycles. The van der Waals surface area contributed by atoms with Gasteiger partial charge in [0.25, 0.3) is 0 Å². The molecule has 2 N–H and O–H groups in total. The lowest BCUT2D eigenvalue weighted by Gasteiger charge is -2.43. The Morgan fingerprint density at radius 2 is 1.90 bits per heavy atom. The van der Waals surface area contributed by atoms with Crippen LogP contribution in [0.1, 0.15) is 38.2 Å². The van der Waals surface area contributed by atoms with Gasteiger partial charge < -0.3 is 10.6 Å². The van der Waals surface area contributed by atoms with E-state index < -0.39 is 0 Å². The molecule has 0 bridgehead atoms. The third kappa shape index (κ3) is 3.51. The Balaban J connectivity index is 1.96. The van der Waals surface area contributed by atoms with Crippen LogP contribution >= 0.6 is 11.6 Å². The molecular formula is C15H19ClN2O2. The fourth-order valence-electron chi connectivity index (χ4n) is 2.47. The van der Waals surface area contributed by atoms with Crippen molar-refractivity contribution in [3.63, 3.8) is 0 Å². The molecule has 0 atom stereocenters. The van der Waals surface area contributed by atoms with Gasteiger partial charge in [0.05, 0.1) is 5.54 Å². The summed E-state index contributed by atoms with van der Waals surface area (Å²) in [5.41, 5.74) is 0.846. The van der Waals surface area contributed by atoms with Gasteiger partial charge in [-0.3, -0.25) is 9.59 Å². The van der Waals surface area contributed by atoms with Crippen molar-refractivity contribution in [1.82, 2.24) is 10.6 Å². The number of carbonyl (C=O) groups excluding carboxylic acids is 2. The third-order valence-corrected chi connectivity index (χ3v) is 3.96. The maximum atomic E-state index is 12.0. The van der Waals surface area contributed by atoms with E-state index in [9.17, 15) is 9.59 Å². The number of nitrogens with one attached hydrogen (secondary N) is 2. The Morgan fingerprint density at radius 1 is 1.25 bits per heavy atom. The van der Waals surface area contributed by atoms with E-state index >= 15 is 0 Å². The molecule has 0 aromatic heterocycles. The Labute approximate surface area is 123 Å². The fourth-order valence-corrected chi connectivity index (χ4v) is 2.59. The summed E-state index contributed by atoms with van der Waals surface area (Å²) in [5.74, 6) is -0.151. The van der Waals surface area contributed by atoms with Gasteiger partial charge in [-0.1, -0.05) is 23.7 Å². The number of hydrogen-bond acceptors (Lipinski definition) is 2. The highest BCUT2D eigenvalue weighted by Gasteiger charge is 2.39. The SMILES string of the molecule is CC(=O)NCCC(=O)NC1(c2ccc(Cl)cc2)CCC1. The van der Waals surface area contributed by atoms with Gasteiger partial charge in [-0.2, -0.15) is 0 Å². The minimum atomic E-state index is -0.252. The molecule has 2 rings (SSSR count). The highest BCUT2D eigenvalue weighted by Crippen LogP contribution is 2.41. The second-order valence-electron chi connectivity index (χ2n) is 5.22. The van der Waals surface area contributed by atoms with Crippen molar-refractivity contribution in [2.45, 2.75) is 38.1 Å². The van der Waals surface area contributed by atoms with E-state index in [0.29, 0.717) is 18.0 Å². The summed E-state index contributed by atoms with van der Waals surface area (Å²) in [6.45, 7) is 1.82. The van der Waals surface area contributed by atoms with Crippen LogP contribution < -0.4 is 10.6 Å². The lowest BCUT2D eigenvalue weighted by atomic mass is 9.71. The van der Waals surface area contributed by atoms with Gasteiger partial charge in [0.1, 0.15) is 0 Å². The van der Waals surface area contributed by atoms with Crippen molar-refractivity contribution in [3.05, 3.63) is 34.9 Å². The summed E-state index contributed by atoms with van der Waals surface area (Å²) in [4.78, 5) is 22.8. The van der Waals surface area contributed by atoms with Gasteiger partial charge in [0.2, 0.25) is 11.8 Å². The quantitative estimate of drug-likeness (QED) is 0.876. The van der Waals surface area contributed by atoms with Crippen molar-refractivity contribution >= 4 is 23.4 Å². The van der Waals surface area contributed by atoms with Gasteiger partial charge in [-0.05, 0) is 37.0 Å². The first kappa shape index (κ1) is 14.9. The molecule has 20 heavy (non-hydrogen) atoms. The summed E-state index contributed by atoms with van der Waals surface area (Å²) < 4.78 is 0. The highest BCUT2D eigenvalue weighted by atomic mass is 35.5. The first-order valence-corrected chi connectivity index (χ1v) is 7.21. The zero-order valence-corrected chi connectivity index (χ0v) is 12.3. The van der Waals surface area contributed by atoms with Crippen molar-refractivity contribution in [2.75, 3.05) is 6.54 Å². The summed E-state index contributed by atoms with van der Waals surface area (Å²) in [7, 11) is 0. The van der Waals surface area contributed by atoms with Gasteiger partial charge in [0, 0.05) is 24.9 Å². The number of halogens is 1. The number of amides is 2. The first-order valence-electron chi connectivity index (χ1n) is 6.83. The largest absolute Gasteiger partial charge is 0.356 e. The summed E-state index contributed by atoms with van der Waals surface area (Å²) >= 11 is 5.90. The van der Waals surface area contributed by atoms with Crippen LogP contribution in [0.5, 0.6) is 0 Å². The molecule has 0 aliphatic heterocycles. The van der Waals surface area contributed by atoms with Crippen LogP contribution in [0.2, 0.25) is 5.02 Å². The monoisotopic (exact) mass is 294 g/mol. The van der Waals surface area contributed by atoms with E-state index in [1.165, 1.54) is 6.92 Å². The van der Waals surface area contributed by atoms with Crippen LogP contribution in [0.25, 0.3) is 0 Å². The van der Waals surface area contributed by atoms with Gasteiger partial charge >= 0.3 is 0 Å². The minimum Gasteiger partial charge on any atom is -0.356 e. The summed E-state index contributed by atoms with van der Waals surface area (Å²) in [5, 5.41) is 6.43. The van der Waals surface area contributed by atoms with E-state index in [0.717, 1.165) is 24.8 Å². The normalized spacial score (nSPS) is 16.1. The second-order valence-corrected chi connectivity index (χ2v) is 5.66. The molecule has 1 aliphatic carbocycles. The van der Waals surface area contributed by atoms with Crippen LogP contribution in [-0.4, -0.2) is 18.4 Å². The van der Waals surface area contributed by atoms with E-state index in [1.807, 2.05) is 24.3 Å². The lowest BCUT2D eigenvalue weighted by molar-refractivity contribution is -0.124. The van der Waals surface area contributed by atoms with Crippen molar-refractivity contribution < 1.29 is 9.59 Å². The number of carbonyl (C=O) groups is 2. The van der Waals surface area contributed by atoms with Crippen LogP contribution in [-0.2, 0) is 15.1 Å². The predicted molar refractivity (Wildman–Crippen MR) is 78.4 cm³/mol. The summed E-state index contributed by atoms with van der Waals surface area (Å²) in [6.07, 6.45) is 3.30. The molecule has 4 nitrogen and oxygen atoms in total. The summed E-state index contributed by atoms with van der Waals surface area (Å²) in [6, 6.07) is 7.63. The zero-order valence-electron chi connectivity index (χ0n) is 11.5. The molecule has 1 saturated carbocycles. The first-order chi connectivity index (χ1) is 9.52. The highest BCUT2D eigenvalue weighted by molar-refractivity contribution is 6.30. The van der Waals surface area contributed by atoms with Crippen molar-refractivity contribution in [3.8, 4) is 0 Å². The Kier molecular flexibility index (Phi) is 4.65. The lowest BCUT2D eigenvalue weighted by Crippen LogP contribution is -2.51. The molecule has 1 aliphatic rings. The van der Waals surface area contributed by atoms with Crippen molar-refractivity contribution in [2.24, 2.45) is 0 Å². The number of rotatable bonds is 5. The second kappa shape index (κ2) is 6.27. The molecule has 2 amide bonds. The van der Waals surface area contributed by atoms with Crippen molar-refractivity contribution in [1.29, 1.82) is 0 Å². The zero-order chi connectivity index (χ0) is 14.6. The maximum Gasteiger partial charge on any atom is 0.222 e. The molecule has 5 heteroatoms. The number of benzene rings is 1. The van der Waals surface area contributed by atoms with Gasteiger partial charge in [-0.25, -0.2) is 0 Å². The minimum absolute atomic E-state index is 0.0339. The smallest absolute Gasteiger partial charge is 0.222 e. The Morgan fingerprint density at radius 3 is 2.40 bits per heavy atom. The molecule has 108 valence electrons. The molecule has 1 fully saturated rings. The average Bonchev–Trinajstić information content (AvgIpc) is 2.34. The molecule has 0 radical (unpaired) electrons. The van der Waals surface area contributed by atoms with Crippen LogP contribution in [0, 0.1) is 0 Å². The van der Waals surface area contributed by atoms with E-state index in [-0.39, 0.29) is 17.4 Å². The Hall–Kier alpha value is -1.55.